The summed E-state index contributed by atoms with van der Waals surface area (Å²) in [5, 5.41) is 5.86. The minimum atomic E-state index is -0.0989. The molecule has 2 aromatic carbocycles. The molecule has 0 aromatic heterocycles. The molecule has 27 heavy (non-hydrogen) atoms. The van der Waals surface area contributed by atoms with Gasteiger partial charge in [-0.05, 0) is 54.5 Å². The number of nitrogens with zero attached hydrogens (tertiary/aromatic N) is 1. The van der Waals surface area contributed by atoms with Crippen LogP contribution in [-0.2, 0) is 13.0 Å². The third-order valence-corrected chi connectivity index (χ3v) is 5.48. The van der Waals surface area contributed by atoms with Gasteiger partial charge in [0, 0.05) is 25.2 Å². The molecule has 0 bridgehead atoms. The zero-order valence-electron chi connectivity index (χ0n) is 15.6. The molecule has 4 rings (SSSR count). The molecule has 0 spiro atoms. The minimum absolute atomic E-state index is 0.00887. The fraction of sp³-hybridized carbons (Fsp3) is 0.364. The number of benzene rings is 2. The minimum Gasteiger partial charge on any atom is -0.355 e. The summed E-state index contributed by atoms with van der Waals surface area (Å²) in [5.74, 6) is -0.0989. The van der Waals surface area contributed by atoms with Gasteiger partial charge in [-0.1, -0.05) is 36.4 Å². The molecule has 0 heterocycles. The third kappa shape index (κ3) is 3.82. The van der Waals surface area contributed by atoms with Crippen LogP contribution in [0.2, 0.25) is 0 Å². The average molecular weight is 363 g/mol. The Morgan fingerprint density at radius 1 is 1.04 bits per heavy atom. The number of rotatable bonds is 5. The van der Waals surface area contributed by atoms with Crippen LogP contribution >= 0.6 is 0 Å². The quantitative estimate of drug-likeness (QED) is 0.855. The van der Waals surface area contributed by atoms with Crippen molar-refractivity contribution in [1.82, 2.24) is 15.5 Å². The van der Waals surface area contributed by atoms with Crippen molar-refractivity contribution in [3.63, 3.8) is 0 Å². The highest BCUT2D eigenvalue weighted by atomic mass is 16.2. The molecule has 2 aromatic rings. The van der Waals surface area contributed by atoms with Gasteiger partial charge in [0.15, 0.2) is 0 Å². The van der Waals surface area contributed by atoms with Crippen molar-refractivity contribution in [1.29, 1.82) is 0 Å². The Balaban J connectivity index is 1.44. The Labute approximate surface area is 159 Å². The highest BCUT2D eigenvalue weighted by molar-refractivity contribution is 5.93. The number of urea groups is 1. The van der Waals surface area contributed by atoms with Gasteiger partial charge in [-0.2, -0.15) is 0 Å². The lowest BCUT2D eigenvalue weighted by atomic mass is 10.1. The summed E-state index contributed by atoms with van der Waals surface area (Å²) in [6.45, 7) is 0.568. The fourth-order valence-corrected chi connectivity index (χ4v) is 3.79. The Kier molecular flexibility index (Phi) is 4.84. The second-order valence-electron chi connectivity index (χ2n) is 7.37. The number of aryl methyl sites for hydroxylation is 1. The summed E-state index contributed by atoms with van der Waals surface area (Å²) in [7, 11) is 1.62. The Morgan fingerprint density at radius 3 is 2.48 bits per heavy atom. The van der Waals surface area contributed by atoms with Crippen LogP contribution in [0.25, 0.3) is 0 Å². The number of hydrogen-bond donors (Lipinski definition) is 2. The van der Waals surface area contributed by atoms with Crippen LogP contribution in [0, 0.1) is 0 Å². The largest absolute Gasteiger partial charge is 0.355 e. The van der Waals surface area contributed by atoms with E-state index < -0.39 is 0 Å². The van der Waals surface area contributed by atoms with E-state index in [-0.39, 0.29) is 18.0 Å². The number of carbonyl (C=O) groups excluding carboxylic acids is 2. The lowest BCUT2D eigenvalue weighted by Gasteiger charge is -2.25. The second-order valence-corrected chi connectivity index (χ2v) is 7.37. The van der Waals surface area contributed by atoms with E-state index in [1.165, 1.54) is 11.1 Å². The molecule has 3 amide bonds. The van der Waals surface area contributed by atoms with Crippen LogP contribution in [0.5, 0.6) is 0 Å². The fourth-order valence-electron chi connectivity index (χ4n) is 3.79. The normalized spacial score (nSPS) is 17.9. The van der Waals surface area contributed by atoms with Gasteiger partial charge in [0.05, 0.1) is 6.04 Å². The van der Waals surface area contributed by atoms with Gasteiger partial charge in [-0.15, -0.1) is 0 Å². The van der Waals surface area contributed by atoms with Crippen molar-refractivity contribution in [3.05, 3.63) is 70.8 Å². The molecule has 2 aliphatic rings. The maximum Gasteiger partial charge on any atom is 0.318 e. The predicted molar refractivity (Wildman–Crippen MR) is 104 cm³/mol. The second kappa shape index (κ2) is 7.43. The molecule has 0 aliphatic heterocycles. The van der Waals surface area contributed by atoms with Gasteiger partial charge >= 0.3 is 6.03 Å². The first-order valence-electron chi connectivity index (χ1n) is 9.61. The van der Waals surface area contributed by atoms with Crippen molar-refractivity contribution < 1.29 is 9.59 Å². The summed E-state index contributed by atoms with van der Waals surface area (Å²) < 4.78 is 0. The van der Waals surface area contributed by atoms with Crippen molar-refractivity contribution in [2.75, 3.05) is 7.05 Å². The van der Waals surface area contributed by atoms with Gasteiger partial charge in [0.2, 0.25) is 0 Å². The third-order valence-electron chi connectivity index (χ3n) is 5.48. The smallest absolute Gasteiger partial charge is 0.318 e. The summed E-state index contributed by atoms with van der Waals surface area (Å²) in [6, 6.07) is 16.3. The summed E-state index contributed by atoms with van der Waals surface area (Å²) in [5.41, 5.74) is 4.25. The summed E-state index contributed by atoms with van der Waals surface area (Å²) >= 11 is 0. The topological polar surface area (TPSA) is 61.4 Å². The molecule has 1 fully saturated rings. The van der Waals surface area contributed by atoms with Crippen molar-refractivity contribution in [3.8, 4) is 0 Å². The van der Waals surface area contributed by atoms with Crippen molar-refractivity contribution in [2.24, 2.45) is 0 Å². The van der Waals surface area contributed by atoms with Gasteiger partial charge in [0.25, 0.3) is 5.91 Å². The van der Waals surface area contributed by atoms with Crippen LogP contribution in [0.15, 0.2) is 48.5 Å². The van der Waals surface area contributed by atoms with E-state index in [9.17, 15) is 9.59 Å². The predicted octanol–water partition coefficient (Wildman–Crippen LogP) is 3.41. The molecular weight excluding hydrogens is 338 g/mol. The molecule has 2 N–H and O–H groups in total. The van der Waals surface area contributed by atoms with Gasteiger partial charge in [-0.3, -0.25) is 4.79 Å². The highest BCUT2D eigenvalue weighted by Gasteiger charge is 2.34. The molecule has 1 saturated carbocycles. The molecular formula is C22H25N3O2. The Morgan fingerprint density at radius 2 is 1.78 bits per heavy atom. The molecule has 0 unspecified atom stereocenters. The molecule has 2 aliphatic carbocycles. The molecule has 1 atom stereocenters. The molecule has 140 valence electrons. The van der Waals surface area contributed by atoms with E-state index in [1.807, 2.05) is 35.2 Å². The standard InChI is InChI=1S/C22H25N3O2/c1-23-21(26)17-8-6-15(7-9-17)14-25(18-11-12-18)22(27)24-20-13-10-16-4-2-3-5-19(16)20/h2-9,18,20H,10-14H2,1H3,(H,23,26)(H,24,27)/t20-/m1/s1. The lowest BCUT2D eigenvalue weighted by Crippen LogP contribution is -2.42. The monoisotopic (exact) mass is 363 g/mol. The first-order valence-corrected chi connectivity index (χ1v) is 9.61. The SMILES string of the molecule is CNC(=O)c1ccc(CN(C(=O)N[C@@H]2CCc3ccccc32)C2CC2)cc1. The van der Waals surface area contributed by atoms with Crippen LogP contribution in [-0.4, -0.2) is 29.9 Å². The number of carbonyl (C=O) groups is 2. The van der Waals surface area contributed by atoms with E-state index in [0.717, 1.165) is 31.2 Å². The van der Waals surface area contributed by atoms with Crippen LogP contribution < -0.4 is 10.6 Å². The van der Waals surface area contributed by atoms with Gasteiger partial charge < -0.3 is 15.5 Å². The number of hydrogen-bond acceptors (Lipinski definition) is 2. The average Bonchev–Trinajstić information content (AvgIpc) is 3.47. The summed E-state index contributed by atoms with van der Waals surface area (Å²) in [4.78, 5) is 26.6. The van der Waals surface area contributed by atoms with E-state index in [1.54, 1.807) is 7.05 Å². The Bertz CT molecular complexity index is 843. The number of nitrogens with one attached hydrogen (secondary N) is 2. The maximum atomic E-state index is 13.0. The van der Waals surface area contributed by atoms with Crippen LogP contribution in [0.1, 0.15) is 52.4 Å². The van der Waals surface area contributed by atoms with E-state index in [0.29, 0.717) is 18.2 Å². The maximum absolute atomic E-state index is 13.0. The molecule has 0 saturated heterocycles. The van der Waals surface area contributed by atoms with Crippen molar-refractivity contribution in [2.45, 2.75) is 44.3 Å². The molecule has 5 heteroatoms. The van der Waals surface area contributed by atoms with Crippen molar-refractivity contribution >= 4 is 11.9 Å². The summed E-state index contributed by atoms with van der Waals surface area (Å²) in [6.07, 6.45) is 4.10. The van der Waals surface area contributed by atoms with E-state index in [4.69, 9.17) is 0 Å². The van der Waals surface area contributed by atoms with E-state index >= 15 is 0 Å². The highest BCUT2D eigenvalue weighted by Crippen LogP contribution is 2.33. The molecule has 5 nitrogen and oxygen atoms in total. The van der Waals surface area contributed by atoms with Gasteiger partial charge in [-0.25, -0.2) is 4.79 Å². The molecule has 0 radical (unpaired) electrons. The lowest BCUT2D eigenvalue weighted by molar-refractivity contribution is 0.0963. The van der Waals surface area contributed by atoms with Crippen LogP contribution in [0.4, 0.5) is 4.79 Å². The van der Waals surface area contributed by atoms with Gasteiger partial charge in [0.1, 0.15) is 0 Å². The Hall–Kier alpha value is -2.82. The number of fused-ring (bicyclic) bond motifs is 1. The number of amides is 3. The first-order chi connectivity index (χ1) is 13.2. The zero-order valence-corrected chi connectivity index (χ0v) is 15.6. The van der Waals surface area contributed by atoms with Crippen LogP contribution in [0.3, 0.4) is 0 Å². The zero-order chi connectivity index (χ0) is 18.8. The van der Waals surface area contributed by atoms with E-state index in [2.05, 4.69) is 28.8 Å². The first kappa shape index (κ1) is 17.6.